The summed E-state index contributed by atoms with van der Waals surface area (Å²) in [4.78, 5) is 10.0. The Morgan fingerprint density at radius 2 is 0.859 bits per heavy atom. The number of fused-ring (bicyclic) bond motifs is 11. The maximum atomic E-state index is 6.95. The molecule has 13 aromatic rings. The summed E-state index contributed by atoms with van der Waals surface area (Å²) in [6.45, 7) is 20.5. The molecule has 0 saturated heterocycles. The van der Waals surface area contributed by atoms with E-state index in [1.165, 1.54) is 58.9 Å². The number of thiophene rings is 1. The van der Waals surface area contributed by atoms with Crippen molar-refractivity contribution < 1.29 is 4.42 Å². The zero-order valence-corrected chi connectivity index (χ0v) is 50.6. The van der Waals surface area contributed by atoms with E-state index in [1.54, 1.807) is 0 Å². The third-order valence-corrected chi connectivity index (χ3v) is 18.8. The van der Waals surface area contributed by atoms with Crippen molar-refractivity contribution in [2.75, 3.05) is 19.6 Å². The molecule has 15 rings (SSSR count). The van der Waals surface area contributed by atoms with Gasteiger partial charge < -0.3 is 24.0 Å². The van der Waals surface area contributed by atoms with Crippen molar-refractivity contribution in [3.05, 3.63) is 259 Å². The minimum Gasteiger partial charge on any atom is -0.454 e. The molecule has 0 amide bonds. The molecule has 7 heteroatoms. The minimum absolute atomic E-state index is 0.0220. The van der Waals surface area contributed by atoms with Gasteiger partial charge in [0.2, 0.25) is 0 Å². The highest BCUT2D eigenvalue weighted by Gasteiger charge is 2.46. The van der Waals surface area contributed by atoms with E-state index in [4.69, 9.17) is 4.42 Å². The van der Waals surface area contributed by atoms with Crippen LogP contribution in [0, 0.1) is 0 Å². The van der Waals surface area contributed by atoms with E-state index in [1.807, 2.05) is 11.3 Å². The summed E-state index contributed by atoms with van der Waals surface area (Å²) in [7, 11) is 0. The Morgan fingerprint density at radius 1 is 0.365 bits per heavy atom. The number of rotatable bonds is 8. The van der Waals surface area contributed by atoms with Crippen molar-refractivity contribution in [3.8, 4) is 0 Å². The fraction of sp³-hybridized carbons (Fsp3) is 0.154. The average Bonchev–Trinajstić information content (AvgIpc) is 1.48. The van der Waals surface area contributed by atoms with Crippen LogP contribution in [0.5, 0.6) is 0 Å². The van der Waals surface area contributed by atoms with Crippen LogP contribution in [-0.2, 0) is 16.2 Å². The van der Waals surface area contributed by atoms with Crippen molar-refractivity contribution in [1.82, 2.24) is 0 Å². The Bertz CT molecular complexity index is 4680. The summed E-state index contributed by atoms with van der Waals surface area (Å²) in [5, 5.41) is 4.78. The van der Waals surface area contributed by atoms with Crippen molar-refractivity contribution in [1.29, 1.82) is 0 Å². The number of benzene rings is 11. The molecule has 2 aromatic heterocycles. The lowest BCUT2D eigenvalue weighted by atomic mass is 9.33. The molecule has 0 atom stereocenters. The lowest BCUT2D eigenvalue weighted by molar-refractivity contribution is 0.590. The second-order valence-electron chi connectivity index (χ2n) is 26.2. The number of hydrogen-bond donors (Lipinski definition) is 0. The highest BCUT2D eigenvalue weighted by Crippen LogP contribution is 2.52. The largest absolute Gasteiger partial charge is 0.454 e. The lowest BCUT2D eigenvalue weighted by Crippen LogP contribution is -2.61. The van der Waals surface area contributed by atoms with Gasteiger partial charge in [0, 0.05) is 77.0 Å². The Kier molecular flexibility index (Phi) is 12.1. The predicted molar refractivity (Wildman–Crippen MR) is 366 cm³/mol. The van der Waals surface area contributed by atoms with Crippen LogP contribution in [0.25, 0.3) is 42.1 Å². The van der Waals surface area contributed by atoms with Crippen LogP contribution < -0.4 is 36.0 Å². The normalized spacial score (nSPS) is 13.2. The van der Waals surface area contributed by atoms with Crippen molar-refractivity contribution in [2.24, 2.45) is 0 Å². The lowest BCUT2D eigenvalue weighted by Gasteiger charge is -2.45. The molecule has 414 valence electrons. The summed E-state index contributed by atoms with van der Waals surface area (Å²) in [5.41, 5.74) is 22.3. The molecule has 0 radical (unpaired) electrons. The first-order valence-electron chi connectivity index (χ1n) is 29.9. The van der Waals surface area contributed by atoms with Crippen LogP contribution in [0.3, 0.4) is 0 Å². The van der Waals surface area contributed by atoms with E-state index in [2.05, 4.69) is 325 Å². The van der Waals surface area contributed by atoms with Crippen molar-refractivity contribution in [3.63, 3.8) is 0 Å². The van der Waals surface area contributed by atoms with Gasteiger partial charge in [-0.25, -0.2) is 0 Å². The maximum Gasteiger partial charge on any atom is 0.253 e. The monoisotopic (exact) mass is 1120 g/mol. The van der Waals surface area contributed by atoms with E-state index in [0.717, 1.165) is 84.5 Å². The highest BCUT2D eigenvalue weighted by molar-refractivity contribution is 7.26. The second-order valence-corrected chi connectivity index (χ2v) is 27.3. The summed E-state index contributed by atoms with van der Waals surface area (Å²) in [6, 6.07) is 90.7. The summed E-state index contributed by atoms with van der Waals surface area (Å²) in [5.74, 6) is 0. The van der Waals surface area contributed by atoms with Gasteiger partial charge in [-0.2, -0.15) is 0 Å². The number of nitrogens with zero attached hydrogens (tertiary/aromatic N) is 4. The molecule has 0 saturated carbocycles. The molecule has 85 heavy (non-hydrogen) atoms. The van der Waals surface area contributed by atoms with Crippen LogP contribution >= 0.6 is 11.3 Å². The Labute approximate surface area is 503 Å². The smallest absolute Gasteiger partial charge is 0.253 e. The van der Waals surface area contributed by atoms with Gasteiger partial charge in [-0.1, -0.05) is 190 Å². The molecular formula is C78H67BN4OS. The van der Waals surface area contributed by atoms with Gasteiger partial charge >= 0.3 is 0 Å². The fourth-order valence-electron chi connectivity index (χ4n) is 13.4. The first-order valence-corrected chi connectivity index (χ1v) is 30.7. The third-order valence-electron chi connectivity index (χ3n) is 17.7. The molecule has 4 heterocycles. The van der Waals surface area contributed by atoms with Crippen LogP contribution in [0.4, 0.5) is 68.2 Å². The quantitative estimate of drug-likeness (QED) is 0.141. The SMILES string of the molecule is CC(C)(C)c1ccc(N2c3cc(N(c4ccc(C(C)(C)C)cc4)c4cccc5c4oc4ccccc45)ccc3B3c4c2cc(N(c2ccccc2)c2ccccc2)cc4N(c2ccc(C(C)(C)C)cc2)c2ccc4sc5ccccc5c4c23)cc1. The van der Waals surface area contributed by atoms with E-state index in [9.17, 15) is 0 Å². The summed E-state index contributed by atoms with van der Waals surface area (Å²) < 4.78 is 9.52. The standard InChI is InChI=1S/C78H67BN4OS/c1-76(2,3)50-31-37-55(38-32-50)81(65-28-20-27-61-60-25-16-18-29-69(60)84-75(61)65)58-43-44-63-66(47-58)83(57-41-35-52(36-42-57)78(7,8)9)68-49-59(80(53-21-12-10-13-22-53)54-23-14-11-15-24-54)48-67-73(68)79(63)74-64(82(67)56-39-33-51(34-40-56)77(4,5)6)45-46-71-72(74)62-26-17-19-30-70(62)85-71/h10-49H,1-9H3. The predicted octanol–water partition coefficient (Wildman–Crippen LogP) is 20.9. The Balaban J connectivity index is 1.07. The first-order chi connectivity index (χ1) is 41.1. The Morgan fingerprint density at radius 3 is 1.46 bits per heavy atom. The molecule has 0 aliphatic carbocycles. The summed E-state index contributed by atoms with van der Waals surface area (Å²) in [6.07, 6.45) is 0. The van der Waals surface area contributed by atoms with Crippen molar-refractivity contribution >= 4 is 145 Å². The number of furan rings is 1. The molecule has 2 aliphatic rings. The molecule has 0 spiro atoms. The second kappa shape index (κ2) is 19.7. The van der Waals surface area contributed by atoms with Gasteiger partial charge in [-0.05, 0) is 175 Å². The van der Waals surface area contributed by atoms with Crippen LogP contribution in [0.2, 0.25) is 0 Å². The van der Waals surface area contributed by atoms with Gasteiger partial charge in [0.05, 0.1) is 11.4 Å². The zero-order chi connectivity index (χ0) is 58.1. The molecule has 11 aromatic carbocycles. The molecule has 0 bridgehead atoms. The minimum atomic E-state index is -0.171. The number of hydrogen-bond acceptors (Lipinski definition) is 6. The number of para-hydroxylation sites is 4. The number of anilines is 12. The molecule has 0 fully saturated rings. The van der Waals surface area contributed by atoms with E-state index < -0.39 is 0 Å². The molecule has 0 N–H and O–H groups in total. The van der Waals surface area contributed by atoms with Gasteiger partial charge in [0.15, 0.2) is 5.58 Å². The van der Waals surface area contributed by atoms with Gasteiger partial charge in [-0.15, -0.1) is 11.3 Å². The molecule has 5 nitrogen and oxygen atoms in total. The Hall–Kier alpha value is -9.30. The average molecular weight is 1120 g/mol. The highest BCUT2D eigenvalue weighted by atomic mass is 32.1. The van der Waals surface area contributed by atoms with Gasteiger partial charge in [0.25, 0.3) is 6.71 Å². The van der Waals surface area contributed by atoms with Crippen LogP contribution in [-0.4, -0.2) is 6.71 Å². The molecule has 0 unspecified atom stereocenters. The van der Waals surface area contributed by atoms with E-state index in [-0.39, 0.29) is 23.0 Å². The van der Waals surface area contributed by atoms with E-state index in [0.29, 0.717) is 0 Å². The molecule has 2 aliphatic heterocycles. The summed E-state index contributed by atoms with van der Waals surface area (Å²) >= 11 is 1.89. The van der Waals surface area contributed by atoms with Crippen LogP contribution in [0.15, 0.2) is 247 Å². The van der Waals surface area contributed by atoms with Gasteiger partial charge in [0.1, 0.15) is 5.58 Å². The maximum absolute atomic E-state index is 6.95. The third kappa shape index (κ3) is 8.73. The molecular weight excluding hydrogens is 1050 g/mol. The fourth-order valence-corrected chi connectivity index (χ4v) is 14.5. The van der Waals surface area contributed by atoms with Crippen molar-refractivity contribution in [2.45, 2.75) is 78.6 Å². The zero-order valence-electron chi connectivity index (χ0n) is 49.8. The van der Waals surface area contributed by atoms with Gasteiger partial charge in [-0.3, -0.25) is 0 Å². The van der Waals surface area contributed by atoms with E-state index >= 15 is 0 Å². The first kappa shape index (κ1) is 52.5. The van der Waals surface area contributed by atoms with Crippen LogP contribution in [0.1, 0.15) is 79.0 Å². The topological polar surface area (TPSA) is 26.1 Å².